The number of aromatic nitrogens is 16. The first-order chi connectivity index (χ1) is 64.8. The van der Waals surface area contributed by atoms with Crippen LogP contribution in [0, 0.1) is 61.2 Å². The molecule has 6 N–H and O–H groups in total. The van der Waals surface area contributed by atoms with Gasteiger partial charge >= 0.3 is 0 Å². The van der Waals surface area contributed by atoms with Crippen molar-refractivity contribution >= 4 is 178 Å². The monoisotopic (exact) mass is 1820 g/mol. The summed E-state index contributed by atoms with van der Waals surface area (Å²) in [4.78, 5) is 33.1. The predicted molar refractivity (Wildman–Crippen MR) is 545 cm³/mol. The van der Waals surface area contributed by atoms with Crippen LogP contribution in [-0.4, -0.2) is 126 Å². The summed E-state index contributed by atoms with van der Waals surface area (Å²) >= 11 is 6.17. The molecule has 0 spiro atoms. The summed E-state index contributed by atoms with van der Waals surface area (Å²) < 4.78 is 58.6. The summed E-state index contributed by atoms with van der Waals surface area (Å²) in [6, 6.07) is 46.8. The van der Waals surface area contributed by atoms with Crippen molar-refractivity contribution in [2.75, 3.05) is 0 Å². The third kappa shape index (κ3) is 19.7. The molecule has 0 bridgehead atoms. The molecule has 8 aromatic heterocycles. The minimum Gasteiger partial charge on any atom is -0.282 e. The number of benzene rings is 8. The van der Waals surface area contributed by atoms with Crippen LogP contribution in [0.5, 0.6) is 0 Å². The molecule has 16 heterocycles. The molecule has 0 amide bonds. The van der Waals surface area contributed by atoms with Crippen LogP contribution in [-0.2, 0) is 14.1 Å². The van der Waals surface area contributed by atoms with Crippen LogP contribution in [0.2, 0.25) is 0 Å². The van der Waals surface area contributed by atoms with Crippen molar-refractivity contribution in [1.82, 2.24) is 80.7 Å². The highest BCUT2D eigenvalue weighted by atomic mass is 35.5. The summed E-state index contributed by atoms with van der Waals surface area (Å²) in [6.45, 7) is 31.6. The van der Waals surface area contributed by atoms with E-state index in [4.69, 9.17) is 11.6 Å². The molecule has 16 aromatic rings. The Labute approximate surface area is 782 Å². The zero-order valence-corrected chi connectivity index (χ0v) is 79.4. The average Bonchev–Trinajstić information content (AvgIpc) is 1.65. The van der Waals surface area contributed by atoms with E-state index < -0.39 is 0 Å². The first-order valence-corrected chi connectivity index (χ1v) is 45.0. The lowest BCUT2D eigenvalue weighted by Gasteiger charge is -2.04. The molecule has 0 unspecified atom stereocenters. The van der Waals surface area contributed by atoms with Gasteiger partial charge in [-0.15, -0.1) is 0 Å². The molecule has 8 aliphatic rings. The molecule has 24 nitrogen and oxygen atoms in total. The van der Waals surface area contributed by atoms with Gasteiger partial charge in [-0.2, -0.15) is 54.0 Å². The van der Waals surface area contributed by atoms with E-state index in [0.29, 0.717) is 58.6 Å². The first kappa shape index (κ1) is 91.7. The van der Waals surface area contributed by atoms with E-state index in [1.165, 1.54) is 66.4 Å². The number of hydrogen-bond donors (Lipinski definition) is 6. The van der Waals surface area contributed by atoms with Crippen LogP contribution in [0.3, 0.4) is 0 Å². The fourth-order valence-corrected chi connectivity index (χ4v) is 17.8. The second-order valence-electron chi connectivity index (χ2n) is 35.5. The number of rotatable bonds is 8. The number of H-pyrrole nitrogens is 6. The third-order valence-corrected chi connectivity index (χ3v) is 25.2. The molecule has 29 heteroatoms. The maximum atomic E-state index is 14.3. The minimum absolute atomic E-state index is 0.261. The number of nitrogens with one attached hydrogen (secondary N) is 6. The van der Waals surface area contributed by atoms with Gasteiger partial charge in [0.05, 0.1) is 61.4 Å². The number of halogens is 5. The smallest absolute Gasteiger partial charge is 0.216 e. The maximum absolute atomic E-state index is 14.3. The topological polar surface area (TPSA) is 307 Å². The zero-order chi connectivity index (χ0) is 95.1. The Kier molecular flexibility index (Phi) is 26.2. The summed E-state index contributed by atoms with van der Waals surface area (Å²) in [7, 11) is 3.87. The lowest BCUT2D eigenvalue weighted by molar-refractivity contribution is 0.622. The van der Waals surface area contributed by atoms with Crippen molar-refractivity contribution in [3.63, 3.8) is 0 Å². The van der Waals surface area contributed by atoms with Crippen molar-refractivity contribution in [2.45, 2.75) is 162 Å². The molecular formula is C106H103ClF4N24. The highest BCUT2D eigenvalue weighted by molar-refractivity contribution is 6.35. The molecule has 682 valence electrons. The van der Waals surface area contributed by atoms with Gasteiger partial charge in [0.2, 0.25) is 17.9 Å². The maximum Gasteiger partial charge on any atom is 0.216 e. The van der Waals surface area contributed by atoms with Crippen molar-refractivity contribution < 1.29 is 17.6 Å². The SMILES string of the molecule is CC1=C(F)N=C(c2ccc3c(C)[nH]nc3c2)C1.CC1=CN=C(c2ccc3c(C)[nH]nc3c2)C1.CC1=NC(Cl)=C(c2ccc3c(C)nn(C)c3c2)C1.CC1=NC(F)=C(c2ccc3c(C)[nH]nc3c2)C1.CC1=NC(F)=C(c2ccc3c(C)nn(C)c3c2)C1.CC1=NC=C(c2ccc3c(C)[nH]nc3c2)C1.CC1=NC=C(c2ccc3c(C)[nH]nc3c2)C1.CC1=NC=C(c2ccc3c(C)[nH]nc3c2F)C1. The Hall–Kier alpha value is -15.2. The van der Waals surface area contributed by atoms with Crippen LogP contribution in [0.4, 0.5) is 17.6 Å². The van der Waals surface area contributed by atoms with Gasteiger partial charge in [-0.05, 0) is 220 Å². The Bertz CT molecular complexity index is 7690. The van der Waals surface area contributed by atoms with Gasteiger partial charge in [-0.25, -0.2) is 24.4 Å². The van der Waals surface area contributed by atoms with Crippen molar-refractivity contribution in [3.8, 4) is 0 Å². The van der Waals surface area contributed by atoms with E-state index in [1.807, 2.05) is 186 Å². The number of aryl methyl sites for hydroxylation is 10. The largest absolute Gasteiger partial charge is 0.282 e. The van der Waals surface area contributed by atoms with Gasteiger partial charge in [-0.1, -0.05) is 109 Å². The lowest BCUT2D eigenvalue weighted by atomic mass is 10.0. The van der Waals surface area contributed by atoms with E-state index >= 15 is 0 Å². The summed E-state index contributed by atoms with van der Waals surface area (Å²) in [6.07, 6.45) is 13.8. The zero-order valence-electron chi connectivity index (χ0n) is 78.7. The molecule has 0 saturated carbocycles. The first-order valence-electron chi connectivity index (χ1n) is 44.7. The summed E-state index contributed by atoms with van der Waals surface area (Å²) in [5.41, 5.74) is 39.7. The quantitative estimate of drug-likeness (QED) is 0.0626. The number of aromatic amines is 6. The van der Waals surface area contributed by atoms with Gasteiger partial charge < -0.3 is 0 Å². The highest BCUT2D eigenvalue weighted by Crippen LogP contribution is 2.39. The second kappa shape index (κ2) is 38.6. The molecule has 0 saturated heterocycles. The fraction of sp³-hybridized carbons (Fsp3) is 0.245. The number of aliphatic imine (C=N–C) groups is 8. The number of allylic oxidation sites excluding steroid dienone is 8. The van der Waals surface area contributed by atoms with Crippen molar-refractivity contribution in [3.05, 3.63) is 294 Å². The minimum atomic E-state index is -0.367. The molecule has 8 aliphatic heterocycles. The molecule has 0 aliphatic carbocycles. The molecule has 0 fully saturated rings. The van der Waals surface area contributed by atoms with Crippen LogP contribution in [0.25, 0.3) is 121 Å². The van der Waals surface area contributed by atoms with Gasteiger partial charge in [0.1, 0.15) is 10.7 Å². The van der Waals surface area contributed by atoms with Gasteiger partial charge in [0.25, 0.3) is 0 Å². The van der Waals surface area contributed by atoms with Gasteiger partial charge in [0.15, 0.2) is 5.82 Å². The second-order valence-corrected chi connectivity index (χ2v) is 35.8. The van der Waals surface area contributed by atoms with Crippen molar-refractivity contribution in [2.24, 2.45) is 54.0 Å². The molecule has 24 rings (SSSR count). The van der Waals surface area contributed by atoms with E-state index in [9.17, 15) is 17.6 Å². The summed E-state index contributed by atoms with van der Waals surface area (Å²) in [5, 5.41) is 61.2. The number of hydrogen-bond acceptors (Lipinski definition) is 16. The predicted octanol–water partition coefficient (Wildman–Crippen LogP) is 26.0. The molecule has 0 radical (unpaired) electrons. The standard InChI is InChI=1S/C14H14ClN3.C14H14FN3.3C13H12FN3.3C13H13N3/c2*1-8-6-12(14(15)16-8)10-4-5-11-9(2)17-18(3)13(11)7-10;1-7-5-9(6-15-7)11-4-3-10-8(2)16-17-13(10)12(11)14;1-7-5-11(13(14)15-7)9-3-4-10-8(2)16-17-12(10)6-9;1-7-5-11(15-13(7)14)9-3-4-10-8(2)16-17-12(10)6-9;2*1-8-5-11(7-14-8)10-3-4-12-9(2)15-16-13(12)6-10;1-8-5-12(14-7-8)10-3-4-11-9(2)15-16-13(11)6-10/h2*4-5,7H,6H2,1-3H3;3*3-4,6H,5H2,1-2H3,(H,16,17);3*3-4,6-7H,5H2,1-2H3,(H,15,16). The van der Waals surface area contributed by atoms with E-state index in [-0.39, 0.29) is 23.7 Å². The number of fused-ring (bicyclic) bond motifs is 8. The molecular weight excluding hydrogens is 1720 g/mol. The van der Waals surface area contributed by atoms with E-state index in [0.717, 1.165) is 199 Å². The summed E-state index contributed by atoms with van der Waals surface area (Å²) in [5.74, 6) is -1.33. The normalized spacial score (nSPS) is 15.5. The Balaban J connectivity index is 0.000000107. The fourth-order valence-electron chi connectivity index (χ4n) is 17.5. The van der Waals surface area contributed by atoms with Gasteiger partial charge in [-0.3, -0.25) is 59.9 Å². The average molecular weight is 1820 g/mol. The van der Waals surface area contributed by atoms with Gasteiger partial charge in [0, 0.05) is 224 Å². The van der Waals surface area contributed by atoms with E-state index in [2.05, 4.69) is 205 Å². The lowest BCUT2D eigenvalue weighted by Crippen LogP contribution is -1.97. The Morgan fingerprint density at radius 1 is 0.296 bits per heavy atom. The molecule has 0 atom stereocenters. The van der Waals surface area contributed by atoms with Crippen LogP contribution in [0.15, 0.2) is 238 Å². The Morgan fingerprint density at radius 2 is 0.644 bits per heavy atom. The van der Waals surface area contributed by atoms with Crippen LogP contribution < -0.4 is 0 Å². The highest BCUT2D eigenvalue weighted by Gasteiger charge is 2.25. The Morgan fingerprint density at radius 3 is 1.02 bits per heavy atom. The van der Waals surface area contributed by atoms with E-state index in [1.54, 1.807) is 19.2 Å². The molecule has 135 heavy (non-hydrogen) atoms. The third-order valence-electron chi connectivity index (χ3n) is 24.9. The van der Waals surface area contributed by atoms with Crippen molar-refractivity contribution in [1.29, 1.82) is 0 Å². The van der Waals surface area contributed by atoms with Crippen LogP contribution >= 0.6 is 11.6 Å². The molecule has 8 aromatic carbocycles. The number of nitrogens with zero attached hydrogens (tertiary/aromatic N) is 18. The van der Waals surface area contributed by atoms with Crippen LogP contribution in [0.1, 0.15) is 197 Å².